The molecule has 27 heavy (non-hydrogen) atoms. The van der Waals surface area contributed by atoms with Crippen LogP contribution in [0.25, 0.3) is 0 Å². The highest BCUT2D eigenvalue weighted by molar-refractivity contribution is 6.21. The quantitative estimate of drug-likeness (QED) is 0.618. The van der Waals surface area contributed by atoms with Crippen molar-refractivity contribution >= 4 is 23.7 Å². The highest BCUT2D eigenvalue weighted by Crippen LogP contribution is 2.22. The standard InChI is InChI=1S/C20H18N2O5/c1-13(23)21-17(11-14-7-3-2-4-8-14)20(26)27-12-22-18(24)15-9-5-6-10-16(15)19(22)25/h2-10,17H,11-12H2,1H3,(H,21,23)/t17-/m1/s1. The Hall–Kier alpha value is -3.48. The highest BCUT2D eigenvalue weighted by Gasteiger charge is 2.36. The van der Waals surface area contributed by atoms with Gasteiger partial charge >= 0.3 is 5.97 Å². The van der Waals surface area contributed by atoms with E-state index in [0.717, 1.165) is 10.5 Å². The molecule has 7 nitrogen and oxygen atoms in total. The third-order valence-electron chi connectivity index (χ3n) is 4.16. The van der Waals surface area contributed by atoms with Crippen molar-refractivity contribution in [3.8, 4) is 0 Å². The molecule has 1 heterocycles. The van der Waals surface area contributed by atoms with Crippen LogP contribution in [0.4, 0.5) is 0 Å². The molecule has 0 aromatic heterocycles. The molecule has 0 saturated carbocycles. The molecule has 1 aliphatic rings. The molecule has 0 aliphatic carbocycles. The van der Waals surface area contributed by atoms with Crippen LogP contribution in [-0.4, -0.2) is 41.4 Å². The second-order valence-electron chi connectivity index (χ2n) is 6.12. The summed E-state index contributed by atoms with van der Waals surface area (Å²) in [5.74, 6) is -2.12. The Balaban J connectivity index is 1.67. The predicted octanol–water partition coefficient (Wildman–Crippen LogP) is 1.53. The van der Waals surface area contributed by atoms with Crippen molar-refractivity contribution in [3.63, 3.8) is 0 Å². The van der Waals surface area contributed by atoms with Crippen LogP contribution >= 0.6 is 0 Å². The fourth-order valence-electron chi connectivity index (χ4n) is 2.87. The zero-order chi connectivity index (χ0) is 19.4. The molecule has 0 radical (unpaired) electrons. The number of amides is 3. The number of hydrogen-bond donors (Lipinski definition) is 1. The Morgan fingerprint density at radius 1 is 0.963 bits per heavy atom. The molecule has 138 valence electrons. The van der Waals surface area contributed by atoms with Gasteiger partial charge in [-0.05, 0) is 17.7 Å². The maximum absolute atomic E-state index is 12.4. The second-order valence-corrected chi connectivity index (χ2v) is 6.12. The number of rotatable bonds is 6. The van der Waals surface area contributed by atoms with Crippen molar-refractivity contribution < 1.29 is 23.9 Å². The Kier molecular flexibility index (Phi) is 5.30. The van der Waals surface area contributed by atoms with E-state index in [-0.39, 0.29) is 23.5 Å². The molecule has 7 heteroatoms. The largest absolute Gasteiger partial charge is 0.442 e. The van der Waals surface area contributed by atoms with Crippen LogP contribution in [0.3, 0.4) is 0 Å². The van der Waals surface area contributed by atoms with E-state index in [1.165, 1.54) is 6.92 Å². The second kappa shape index (κ2) is 7.82. The third-order valence-corrected chi connectivity index (χ3v) is 4.16. The van der Waals surface area contributed by atoms with Gasteiger partial charge in [-0.15, -0.1) is 0 Å². The number of fused-ring (bicyclic) bond motifs is 1. The monoisotopic (exact) mass is 366 g/mol. The third kappa shape index (κ3) is 4.03. The minimum absolute atomic E-state index is 0.237. The lowest BCUT2D eigenvalue weighted by atomic mass is 10.1. The number of imide groups is 1. The van der Waals surface area contributed by atoms with Crippen molar-refractivity contribution in [2.75, 3.05) is 6.73 Å². The number of esters is 1. The molecule has 2 aromatic carbocycles. The molecule has 0 unspecified atom stereocenters. The summed E-state index contributed by atoms with van der Waals surface area (Å²) in [5.41, 5.74) is 1.40. The van der Waals surface area contributed by atoms with Crippen molar-refractivity contribution in [2.24, 2.45) is 0 Å². The normalized spacial score (nSPS) is 13.9. The van der Waals surface area contributed by atoms with E-state index in [1.54, 1.807) is 24.3 Å². The van der Waals surface area contributed by atoms with Gasteiger partial charge in [-0.1, -0.05) is 42.5 Å². The van der Waals surface area contributed by atoms with E-state index in [4.69, 9.17) is 4.74 Å². The summed E-state index contributed by atoms with van der Waals surface area (Å²) in [4.78, 5) is 49.3. The van der Waals surface area contributed by atoms with E-state index in [9.17, 15) is 19.2 Å². The molecule has 1 aliphatic heterocycles. The summed E-state index contributed by atoms with van der Waals surface area (Å²) in [7, 11) is 0. The van der Waals surface area contributed by atoms with Gasteiger partial charge in [-0.25, -0.2) is 9.69 Å². The van der Waals surface area contributed by atoms with Gasteiger partial charge in [0.05, 0.1) is 11.1 Å². The molecular formula is C20H18N2O5. The Morgan fingerprint density at radius 2 is 1.52 bits per heavy atom. The van der Waals surface area contributed by atoms with Crippen LogP contribution in [0.15, 0.2) is 54.6 Å². The first-order chi connectivity index (χ1) is 13.0. The zero-order valence-electron chi connectivity index (χ0n) is 14.7. The molecule has 1 atom stereocenters. The van der Waals surface area contributed by atoms with Gasteiger partial charge in [-0.2, -0.15) is 0 Å². The maximum atomic E-state index is 12.4. The van der Waals surface area contributed by atoms with E-state index in [0.29, 0.717) is 0 Å². The van der Waals surface area contributed by atoms with Crippen LogP contribution in [0, 0.1) is 0 Å². The fraction of sp³-hybridized carbons (Fsp3) is 0.200. The average molecular weight is 366 g/mol. The fourth-order valence-corrected chi connectivity index (χ4v) is 2.87. The first-order valence-corrected chi connectivity index (χ1v) is 8.40. The SMILES string of the molecule is CC(=O)N[C@H](Cc1ccccc1)C(=O)OCN1C(=O)c2ccccc2C1=O. The van der Waals surface area contributed by atoms with Gasteiger partial charge in [0.2, 0.25) is 5.91 Å². The van der Waals surface area contributed by atoms with Crippen molar-refractivity contribution in [1.29, 1.82) is 0 Å². The zero-order valence-corrected chi connectivity index (χ0v) is 14.7. The summed E-state index contributed by atoms with van der Waals surface area (Å²) in [5, 5.41) is 2.54. The number of ether oxygens (including phenoxy) is 1. The highest BCUT2D eigenvalue weighted by atomic mass is 16.5. The smallest absolute Gasteiger partial charge is 0.330 e. The minimum atomic E-state index is -0.917. The van der Waals surface area contributed by atoms with E-state index < -0.39 is 30.6 Å². The summed E-state index contributed by atoms with van der Waals surface area (Å²) in [6, 6.07) is 14.6. The Bertz CT molecular complexity index is 859. The number of nitrogens with one attached hydrogen (secondary N) is 1. The van der Waals surface area contributed by atoms with Gasteiger partial charge in [-0.3, -0.25) is 14.4 Å². The average Bonchev–Trinajstić information content (AvgIpc) is 2.90. The van der Waals surface area contributed by atoms with Crippen LogP contribution in [0.5, 0.6) is 0 Å². The summed E-state index contributed by atoms with van der Waals surface area (Å²) in [6.45, 7) is 0.797. The van der Waals surface area contributed by atoms with Crippen LogP contribution < -0.4 is 5.32 Å². The van der Waals surface area contributed by atoms with Crippen molar-refractivity contribution in [1.82, 2.24) is 10.2 Å². The molecule has 3 rings (SSSR count). The van der Waals surface area contributed by atoms with Crippen molar-refractivity contribution in [2.45, 2.75) is 19.4 Å². The summed E-state index contributed by atoms with van der Waals surface area (Å²) < 4.78 is 5.16. The molecule has 1 N–H and O–H groups in total. The molecule has 2 aromatic rings. The maximum Gasteiger partial charge on any atom is 0.330 e. The number of hydrogen-bond acceptors (Lipinski definition) is 5. The number of nitrogens with zero attached hydrogens (tertiary/aromatic N) is 1. The summed E-state index contributed by atoms with van der Waals surface area (Å²) >= 11 is 0. The van der Waals surface area contributed by atoms with E-state index in [2.05, 4.69) is 5.32 Å². The van der Waals surface area contributed by atoms with Gasteiger partial charge < -0.3 is 10.1 Å². The predicted molar refractivity (Wildman–Crippen MR) is 95.7 cm³/mol. The lowest BCUT2D eigenvalue weighted by Crippen LogP contribution is -2.44. The number of benzene rings is 2. The Morgan fingerprint density at radius 3 is 2.07 bits per heavy atom. The van der Waals surface area contributed by atoms with E-state index >= 15 is 0 Å². The molecule has 0 saturated heterocycles. The Labute approximate surface area is 155 Å². The van der Waals surface area contributed by atoms with Crippen LogP contribution in [0.1, 0.15) is 33.2 Å². The molecule has 0 spiro atoms. The molecular weight excluding hydrogens is 348 g/mol. The lowest BCUT2D eigenvalue weighted by Gasteiger charge is -2.19. The van der Waals surface area contributed by atoms with Gasteiger partial charge in [0.15, 0.2) is 6.73 Å². The molecule has 0 bridgehead atoms. The van der Waals surface area contributed by atoms with E-state index in [1.807, 2.05) is 30.3 Å². The first-order valence-electron chi connectivity index (χ1n) is 8.40. The molecule has 3 amide bonds. The number of carbonyl (C=O) groups is 4. The summed E-state index contributed by atoms with van der Waals surface area (Å²) in [6.07, 6.45) is 0.237. The number of carbonyl (C=O) groups excluding carboxylic acids is 4. The van der Waals surface area contributed by atoms with Crippen LogP contribution in [-0.2, 0) is 20.7 Å². The lowest BCUT2D eigenvalue weighted by molar-refractivity contribution is -0.150. The topological polar surface area (TPSA) is 92.8 Å². The minimum Gasteiger partial charge on any atom is -0.442 e. The van der Waals surface area contributed by atoms with Gasteiger partial charge in [0.25, 0.3) is 11.8 Å². The van der Waals surface area contributed by atoms with Crippen LogP contribution in [0.2, 0.25) is 0 Å². The first kappa shape index (κ1) is 18.3. The molecule has 0 fully saturated rings. The van der Waals surface area contributed by atoms with Gasteiger partial charge in [0.1, 0.15) is 6.04 Å². The van der Waals surface area contributed by atoms with Gasteiger partial charge in [0, 0.05) is 13.3 Å². The van der Waals surface area contributed by atoms with Crippen molar-refractivity contribution in [3.05, 3.63) is 71.3 Å².